The Labute approximate surface area is 150 Å². The summed E-state index contributed by atoms with van der Waals surface area (Å²) in [6.45, 7) is 7.05. The molecule has 128 valence electrons. The smallest absolute Gasteiger partial charge is 0.223 e. The molecule has 1 unspecified atom stereocenters. The maximum atomic E-state index is 12.5. The van der Waals surface area contributed by atoms with Crippen LogP contribution in [0.4, 0.5) is 0 Å². The Balaban J connectivity index is 0.00000192. The van der Waals surface area contributed by atoms with Crippen molar-refractivity contribution < 1.29 is 4.79 Å². The molecule has 0 aromatic heterocycles. The third kappa shape index (κ3) is 4.01. The van der Waals surface area contributed by atoms with E-state index in [1.54, 1.807) is 0 Å². The molecule has 0 bridgehead atoms. The van der Waals surface area contributed by atoms with Crippen LogP contribution in [0.5, 0.6) is 0 Å². The van der Waals surface area contributed by atoms with E-state index < -0.39 is 0 Å². The van der Waals surface area contributed by atoms with Crippen molar-refractivity contribution >= 4 is 29.9 Å². The Morgan fingerprint density at radius 3 is 2.74 bits per heavy atom. The summed E-state index contributed by atoms with van der Waals surface area (Å²) >= 11 is 6.08. The minimum atomic E-state index is -0.114. The maximum absolute atomic E-state index is 12.5. The monoisotopic (exact) mass is 356 g/mol. The van der Waals surface area contributed by atoms with Crippen LogP contribution < -0.4 is 10.6 Å². The van der Waals surface area contributed by atoms with Gasteiger partial charge in [0.15, 0.2) is 0 Å². The lowest BCUT2D eigenvalue weighted by atomic mass is 9.84. The highest BCUT2D eigenvalue weighted by Gasteiger charge is 2.57. The number of hydrogen-bond acceptors (Lipinski definition) is 2. The number of carbonyl (C=O) groups is 1. The molecule has 5 heteroatoms. The third-order valence-corrected chi connectivity index (χ3v) is 5.65. The number of carbonyl (C=O) groups excluding carboxylic acids is 1. The molecule has 2 N–H and O–H groups in total. The number of amides is 1. The van der Waals surface area contributed by atoms with Crippen molar-refractivity contribution in [2.24, 2.45) is 11.3 Å². The molecule has 3 nitrogen and oxygen atoms in total. The van der Waals surface area contributed by atoms with Crippen LogP contribution in [0.3, 0.4) is 0 Å². The van der Waals surface area contributed by atoms with Crippen LogP contribution in [0.2, 0.25) is 5.02 Å². The summed E-state index contributed by atoms with van der Waals surface area (Å²) in [7, 11) is 0. The fraction of sp³-hybridized carbons (Fsp3) is 0.611. The van der Waals surface area contributed by atoms with E-state index in [-0.39, 0.29) is 29.6 Å². The molecule has 1 saturated heterocycles. The van der Waals surface area contributed by atoms with Gasteiger partial charge in [-0.25, -0.2) is 0 Å². The van der Waals surface area contributed by atoms with Gasteiger partial charge in [0.1, 0.15) is 0 Å². The van der Waals surface area contributed by atoms with Crippen molar-refractivity contribution in [1.82, 2.24) is 10.6 Å². The molecule has 2 aliphatic rings. The van der Waals surface area contributed by atoms with E-state index in [0.29, 0.717) is 12.0 Å². The second-order valence-electron chi connectivity index (χ2n) is 7.48. The first-order chi connectivity index (χ1) is 10.4. The molecule has 1 aromatic rings. The SMILES string of the molecule is CC(C)(CNC(=O)C1CC12CCNCC2)c1cccc(Cl)c1.Cl. The molecule has 0 radical (unpaired) electrons. The summed E-state index contributed by atoms with van der Waals surface area (Å²) in [6, 6.07) is 7.90. The lowest BCUT2D eigenvalue weighted by molar-refractivity contribution is -0.123. The van der Waals surface area contributed by atoms with Crippen molar-refractivity contribution in [3.8, 4) is 0 Å². The number of piperidine rings is 1. The van der Waals surface area contributed by atoms with E-state index in [4.69, 9.17) is 11.6 Å². The molecule has 1 atom stereocenters. The standard InChI is InChI=1S/C18H25ClN2O.ClH/c1-17(2,13-4-3-5-14(19)10-13)12-21-16(22)15-11-18(15)6-8-20-9-7-18;/h3-5,10,15,20H,6-9,11-12H2,1-2H3,(H,21,22);1H. The van der Waals surface area contributed by atoms with Crippen LogP contribution in [0.15, 0.2) is 24.3 Å². The zero-order valence-corrected chi connectivity index (χ0v) is 15.4. The summed E-state index contributed by atoms with van der Waals surface area (Å²) in [5.41, 5.74) is 1.35. The molecule has 1 aromatic carbocycles. The molecule has 1 heterocycles. The maximum Gasteiger partial charge on any atom is 0.223 e. The van der Waals surface area contributed by atoms with Crippen LogP contribution in [-0.4, -0.2) is 25.5 Å². The van der Waals surface area contributed by atoms with Crippen molar-refractivity contribution in [2.75, 3.05) is 19.6 Å². The van der Waals surface area contributed by atoms with Gasteiger partial charge in [-0.05, 0) is 55.5 Å². The van der Waals surface area contributed by atoms with Gasteiger partial charge in [0.2, 0.25) is 5.91 Å². The zero-order chi connectivity index (χ0) is 15.8. The van der Waals surface area contributed by atoms with Gasteiger partial charge in [0.05, 0.1) is 0 Å². The molecule has 3 rings (SSSR count). The number of halogens is 2. The second kappa shape index (κ2) is 7.00. The average molecular weight is 357 g/mol. The van der Waals surface area contributed by atoms with E-state index in [0.717, 1.165) is 42.9 Å². The van der Waals surface area contributed by atoms with Crippen LogP contribution in [0.1, 0.15) is 38.7 Å². The van der Waals surface area contributed by atoms with E-state index in [9.17, 15) is 4.79 Å². The average Bonchev–Trinajstić information content (AvgIpc) is 3.19. The summed E-state index contributed by atoms with van der Waals surface area (Å²) in [6.07, 6.45) is 3.35. The minimum Gasteiger partial charge on any atom is -0.355 e. The fourth-order valence-electron chi connectivity index (χ4n) is 3.64. The molecule has 1 spiro atoms. The summed E-state index contributed by atoms with van der Waals surface area (Å²) in [5.74, 6) is 0.460. The first kappa shape index (κ1) is 18.6. The van der Waals surface area contributed by atoms with E-state index >= 15 is 0 Å². The molecule has 1 saturated carbocycles. The van der Waals surface area contributed by atoms with Crippen LogP contribution in [0.25, 0.3) is 0 Å². The van der Waals surface area contributed by atoms with Gasteiger partial charge < -0.3 is 10.6 Å². The van der Waals surface area contributed by atoms with Gasteiger partial charge in [0, 0.05) is 22.9 Å². The highest BCUT2D eigenvalue weighted by Crippen LogP contribution is 2.58. The fourth-order valence-corrected chi connectivity index (χ4v) is 3.83. The van der Waals surface area contributed by atoms with Crippen LogP contribution in [-0.2, 0) is 10.2 Å². The predicted octanol–water partition coefficient (Wildman–Crippen LogP) is 3.55. The van der Waals surface area contributed by atoms with Gasteiger partial charge in [-0.1, -0.05) is 37.6 Å². The molecule has 1 aliphatic carbocycles. The van der Waals surface area contributed by atoms with Crippen LogP contribution in [0, 0.1) is 11.3 Å². The van der Waals surface area contributed by atoms with Crippen molar-refractivity contribution in [3.05, 3.63) is 34.9 Å². The number of hydrogen-bond donors (Lipinski definition) is 2. The summed E-state index contributed by atoms with van der Waals surface area (Å²) in [5, 5.41) is 7.29. The molecular formula is C18H26Cl2N2O. The number of nitrogens with one attached hydrogen (secondary N) is 2. The highest BCUT2D eigenvalue weighted by atomic mass is 35.5. The third-order valence-electron chi connectivity index (χ3n) is 5.42. The topological polar surface area (TPSA) is 41.1 Å². The van der Waals surface area contributed by atoms with Gasteiger partial charge in [-0.2, -0.15) is 0 Å². The molecule has 1 amide bonds. The molecular weight excluding hydrogens is 331 g/mol. The molecule has 23 heavy (non-hydrogen) atoms. The quantitative estimate of drug-likeness (QED) is 0.865. The lowest BCUT2D eigenvalue weighted by Gasteiger charge is -2.27. The normalized spacial score (nSPS) is 22.3. The minimum absolute atomic E-state index is 0. The molecule has 2 fully saturated rings. The van der Waals surface area contributed by atoms with E-state index in [1.165, 1.54) is 0 Å². The first-order valence-corrected chi connectivity index (χ1v) is 8.55. The Hall–Kier alpha value is -0.770. The van der Waals surface area contributed by atoms with E-state index in [1.807, 2.05) is 18.2 Å². The summed E-state index contributed by atoms with van der Waals surface area (Å²) < 4.78 is 0. The van der Waals surface area contributed by atoms with Crippen molar-refractivity contribution in [2.45, 2.75) is 38.5 Å². The van der Waals surface area contributed by atoms with Crippen LogP contribution >= 0.6 is 24.0 Å². The Morgan fingerprint density at radius 2 is 2.09 bits per heavy atom. The molecule has 1 aliphatic heterocycles. The number of rotatable bonds is 4. The van der Waals surface area contributed by atoms with Gasteiger partial charge in [0.25, 0.3) is 0 Å². The Kier molecular flexibility index (Phi) is 5.65. The lowest BCUT2D eigenvalue weighted by Crippen LogP contribution is -2.39. The van der Waals surface area contributed by atoms with Gasteiger partial charge >= 0.3 is 0 Å². The first-order valence-electron chi connectivity index (χ1n) is 8.17. The van der Waals surface area contributed by atoms with Gasteiger partial charge in [-0.3, -0.25) is 4.79 Å². The predicted molar refractivity (Wildman–Crippen MR) is 97.4 cm³/mol. The number of benzene rings is 1. The van der Waals surface area contributed by atoms with E-state index in [2.05, 4.69) is 30.5 Å². The zero-order valence-electron chi connectivity index (χ0n) is 13.8. The van der Waals surface area contributed by atoms with Gasteiger partial charge in [-0.15, -0.1) is 12.4 Å². The second-order valence-corrected chi connectivity index (χ2v) is 7.92. The van der Waals surface area contributed by atoms with Crippen molar-refractivity contribution in [1.29, 1.82) is 0 Å². The summed E-state index contributed by atoms with van der Waals surface area (Å²) in [4.78, 5) is 12.5. The van der Waals surface area contributed by atoms with Crippen molar-refractivity contribution in [3.63, 3.8) is 0 Å². The Morgan fingerprint density at radius 1 is 1.39 bits per heavy atom. The highest BCUT2D eigenvalue weighted by molar-refractivity contribution is 6.30. The largest absolute Gasteiger partial charge is 0.355 e. The Bertz CT molecular complexity index is 568.